The Kier molecular flexibility index (Phi) is 5.14. The Morgan fingerprint density at radius 1 is 1.29 bits per heavy atom. The summed E-state index contributed by atoms with van der Waals surface area (Å²) in [5.74, 6) is 0. The maximum Gasteiger partial charge on any atom is 0.407 e. The highest BCUT2D eigenvalue weighted by Crippen LogP contribution is 2.21. The van der Waals surface area contributed by atoms with E-state index >= 15 is 0 Å². The number of alkyl carbamates (subject to hydrolysis) is 1. The van der Waals surface area contributed by atoms with Crippen LogP contribution in [0.1, 0.15) is 25.8 Å². The molecule has 2 aromatic rings. The summed E-state index contributed by atoms with van der Waals surface area (Å²) in [7, 11) is 0. The number of amides is 1. The van der Waals surface area contributed by atoms with Crippen LogP contribution in [0.5, 0.6) is 0 Å². The Morgan fingerprint density at radius 3 is 2.76 bits per heavy atom. The number of hydrogen-bond acceptors (Lipinski definition) is 5. The van der Waals surface area contributed by atoms with Crippen LogP contribution < -0.4 is 10.6 Å². The molecule has 0 aliphatic heterocycles. The Labute approximate surface area is 128 Å². The van der Waals surface area contributed by atoms with Gasteiger partial charge in [-0.05, 0) is 32.9 Å². The van der Waals surface area contributed by atoms with Crippen LogP contribution in [0.4, 0.5) is 4.79 Å². The van der Waals surface area contributed by atoms with Crippen LogP contribution in [0, 0.1) is 0 Å². The van der Waals surface area contributed by atoms with Crippen molar-refractivity contribution in [3.05, 3.63) is 29.3 Å². The first-order chi connectivity index (χ1) is 9.94. The third-order valence-electron chi connectivity index (χ3n) is 2.58. The lowest BCUT2D eigenvalue weighted by Crippen LogP contribution is -2.36. The van der Waals surface area contributed by atoms with Gasteiger partial charge in [-0.3, -0.25) is 0 Å². The van der Waals surface area contributed by atoms with E-state index in [1.54, 1.807) is 11.3 Å². The lowest BCUT2D eigenvalue weighted by molar-refractivity contribution is 0.0528. The molecule has 0 spiro atoms. The van der Waals surface area contributed by atoms with Gasteiger partial charge in [0.2, 0.25) is 0 Å². The summed E-state index contributed by atoms with van der Waals surface area (Å²) in [5.41, 5.74) is 0.574. The van der Waals surface area contributed by atoms with E-state index in [0.717, 1.165) is 10.5 Å². The molecule has 2 N–H and O–H groups in total. The van der Waals surface area contributed by atoms with E-state index in [0.29, 0.717) is 19.6 Å². The number of rotatable bonds is 5. The zero-order valence-corrected chi connectivity index (χ0v) is 13.4. The number of carbonyl (C=O) groups excluding carboxylic acids is 1. The van der Waals surface area contributed by atoms with Gasteiger partial charge < -0.3 is 15.4 Å². The molecule has 6 heteroatoms. The van der Waals surface area contributed by atoms with Gasteiger partial charge in [-0.25, -0.2) is 9.78 Å². The number of nitrogens with one attached hydrogen (secondary N) is 2. The average Bonchev–Trinajstić information content (AvgIpc) is 2.78. The molecule has 114 valence electrons. The first-order valence-corrected chi connectivity index (χ1v) is 7.78. The molecule has 0 unspecified atom stereocenters. The molecule has 5 nitrogen and oxygen atoms in total. The second-order valence-electron chi connectivity index (χ2n) is 5.68. The molecule has 1 amide bonds. The van der Waals surface area contributed by atoms with Gasteiger partial charge in [0.05, 0.1) is 10.2 Å². The Bertz CT molecular complexity index is 571. The first kappa shape index (κ1) is 15.7. The zero-order chi connectivity index (χ0) is 15.3. The molecule has 21 heavy (non-hydrogen) atoms. The van der Waals surface area contributed by atoms with Gasteiger partial charge in [0.15, 0.2) is 0 Å². The summed E-state index contributed by atoms with van der Waals surface area (Å²) in [4.78, 5) is 16.0. The molecule has 1 heterocycles. The number of carbonyl (C=O) groups is 1. The average molecular weight is 307 g/mol. The molecule has 0 atom stereocenters. The standard InChI is InChI=1S/C15H21N3O2S/c1-15(2,3)20-14(19)17-9-8-16-10-13-18-11-6-4-5-7-12(11)21-13/h4-7,16H,8-10H2,1-3H3,(H,17,19). The van der Waals surface area contributed by atoms with Gasteiger partial charge in [-0.1, -0.05) is 12.1 Å². The first-order valence-electron chi connectivity index (χ1n) is 6.96. The molecule has 0 saturated carbocycles. The smallest absolute Gasteiger partial charge is 0.407 e. The van der Waals surface area contributed by atoms with E-state index in [-0.39, 0.29) is 6.09 Å². The summed E-state index contributed by atoms with van der Waals surface area (Å²) in [5, 5.41) is 7.02. The third-order valence-corrected chi connectivity index (χ3v) is 3.62. The van der Waals surface area contributed by atoms with E-state index < -0.39 is 5.60 Å². The number of fused-ring (bicyclic) bond motifs is 1. The van der Waals surface area contributed by atoms with Crippen LogP contribution >= 0.6 is 11.3 Å². The van der Waals surface area contributed by atoms with Crippen LogP contribution in [0.25, 0.3) is 10.2 Å². The predicted octanol–water partition coefficient (Wildman–Crippen LogP) is 2.91. The number of benzene rings is 1. The molecule has 0 bridgehead atoms. The molecule has 0 radical (unpaired) electrons. The predicted molar refractivity (Wildman–Crippen MR) is 85.6 cm³/mol. The largest absolute Gasteiger partial charge is 0.444 e. The fourth-order valence-corrected chi connectivity index (χ4v) is 2.69. The Morgan fingerprint density at radius 2 is 2.05 bits per heavy atom. The molecule has 1 aromatic heterocycles. The SMILES string of the molecule is CC(C)(C)OC(=O)NCCNCc1nc2ccccc2s1. The van der Waals surface area contributed by atoms with Crippen molar-refractivity contribution < 1.29 is 9.53 Å². The van der Waals surface area contributed by atoms with Crippen molar-refractivity contribution >= 4 is 27.6 Å². The maximum atomic E-state index is 11.4. The molecule has 0 fully saturated rings. The van der Waals surface area contributed by atoms with E-state index in [9.17, 15) is 4.79 Å². The van der Waals surface area contributed by atoms with Gasteiger partial charge in [0.25, 0.3) is 0 Å². The van der Waals surface area contributed by atoms with Crippen LogP contribution in [0.2, 0.25) is 0 Å². The molecule has 0 aliphatic carbocycles. The normalized spacial score (nSPS) is 11.6. The third kappa shape index (κ3) is 5.32. The number of ether oxygens (including phenoxy) is 1. The van der Waals surface area contributed by atoms with Gasteiger partial charge in [0.1, 0.15) is 10.6 Å². The lowest BCUT2D eigenvalue weighted by atomic mass is 10.2. The molecule has 0 aliphatic rings. The van der Waals surface area contributed by atoms with Gasteiger partial charge in [0, 0.05) is 19.6 Å². The minimum absolute atomic E-state index is 0.385. The molecular weight excluding hydrogens is 286 g/mol. The van der Waals surface area contributed by atoms with Crippen LogP contribution in [0.3, 0.4) is 0 Å². The van der Waals surface area contributed by atoms with Crippen molar-refractivity contribution in [2.45, 2.75) is 32.9 Å². The Balaban J connectivity index is 1.67. The summed E-state index contributed by atoms with van der Waals surface area (Å²) in [6.45, 7) is 7.44. The molecule has 0 saturated heterocycles. The zero-order valence-electron chi connectivity index (χ0n) is 12.6. The highest BCUT2D eigenvalue weighted by Gasteiger charge is 2.15. The maximum absolute atomic E-state index is 11.4. The van der Waals surface area contributed by atoms with Crippen molar-refractivity contribution in [2.75, 3.05) is 13.1 Å². The van der Waals surface area contributed by atoms with Crippen LogP contribution in [-0.2, 0) is 11.3 Å². The van der Waals surface area contributed by atoms with Crippen molar-refractivity contribution in [3.63, 3.8) is 0 Å². The molecule has 1 aromatic carbocycles. The monoisotopic (exact) mass is 307 g/mol. The summed E-state index contributed by atoms with van der Waals surface area (Å²) in [6, 6.07) is 8.09. The van der Waals surface area contributed by atoms with E-state index in [2.05, 4.69) is 21.7 Å². The van der Waals surface area contributed by atoms with Gasteiger partial charge in [-0.2, -0.15) is 0 Å². The summed E-state index contributed by atoms with van der Waals surface area (Å²) in [6.07, 6.45) is -0.385. The van der Waals surface area contributed by atoms with Gasteiger partial charge >= 0.3 is 6.09 Å². The number of aromatic nitrogens is 1. The van der Waals surface area contributed by atoms with Crippen molar-refractivity contribution in [3.8, 4) is 0 Å². The fraction of sp³-hybridized carbons (Fsp3) is 0.467. The van der Waals surface area contributed by atoms with Crippen molar-refractivity contribution in [1.29, 1.82) is 0 Å². The van der Waals surface area contributed by atoms with E-state index in [1.807, 2.05) is 39.0 Å². The van der Waals surface area contributed by atoms with E-state index in [1.165, 1.54) is 4.70 Å². The highest BCUT2D eigenvalue weighted by molar-refractivity contribution is 7.18. The molecular formula is C15H21N3O2S. The number of thiazole rings is 1. The van der Waals surface area contributed by atoms with Crippen LogP contribution in [0.15, 0.2) is 24.3 Å². The molecule has 2 rings (SSSR count). The topological polar surface area (TPSA) is 63.2 Å². The lowest BCUT2D eigenvalue weighted by Gasteiger charge is -2.19. The van der Waals surface area contributed by atoms with Crippen molar-refractivity contribution in [1.82, 2.24) is 15.6 Å². The van der Waals surface area contributed by atoms with E-state index in [4.69, 9.17) is 4.74 Å². The highest BCUT2D eigenvalue weighted by atomic mass is 32.1. The number of para-hydroxylation sites is 1. The second-order valence-corrected chi connectivity index (χ2v) is 6.80. The van der Waals surface area contributed by atoms with Crippen molar-refractivity contribution in [2.24, 2.45) is 0 Å². The summed E-state index contributed by atoms with van der Waals surface area (Å²) < 4.78 is 6.35. The quantitative estimate of drug-likeness (QED) is 0.834. The fourth-order valence-electron chi connectivity index (χ4n) is 1.76. The Hall–Kier alpha value is -1.66. The minimum Gasteiger partial charge on any atom is -0.444 e. The second kappa shape index (κ2) is 6.87. The number of hydrogen-bond donors (Lipinski definition) is 2. The van der Waals surface area contributed by atoms with Crippen LogP contribution in [-0.4, -0.2) is 29.8 Å². The minimum atomic E-state index is -0.460. The summed E-state index contributed by atoms with van der Waals surface area (Å²) >= 11 is 1.68. The number of nitrogens with zero attached hydrogens (tertiary/aromatic N) is 1. The van der Waals surface area contributed by atoms with Gasteiger partial charge in [-0.15, -0.1) is 11.3 Å².